The molecule has 102 valence electrons. The van der Waals surface area contributed by atoms with Gasteiger partial charge in [0.1, 0.15) is 5.69 Å². The zero-order valence-electron chi connectivity index (χ0n) is 10.6. The number of fused-ring (bicyclic) bond motifs is 1. The molecule has 1 aromatic carbocycles. The fraction of sp³-hybridized carbons (Fsp3) is 0. The second-order valence-corrected chi connectivity index (χ2v) is 5.31. The number of thiazole rings is 1. The van der Waals surface area contributed by atoms with E-state index in [4.69, 9.17) is 10.3 Å². The number of nitrogens with two attached hydrogens (primary N) is 1. The van der Waals surface area contributed by atoms with Crippen LogP contribution in [-0.2, 0) is 0 Å². The van der Waals surface area contributed by atoms with E-state index in [9.17, 15) is 0 Å². The number of hydrogen-bond acceptors (Lipinski definition) is 8. The Labute approximate surface area is 122 Å². The Morgan fingerprint density at radius 3 is 2.95 bits per heavy atom. The van der Waals surface area contributed by atoms with Crippen LogP contribution in [0.3, 0.4) is 0 Å². The SMILES string of the molecule is Nc1nc2ccc(-c3nc(-c4cnccn4)no3)cc2s1. The molecule has 0 saturated carbocycles. The lowest BCUT2D eigenvalue weighted by Crippen LogP contribution is -1.86. The van der Waals surface area contributed by atoms with Crippen LogP contribution in [0.1, 0.15) is 0 Å². The zero-order chi connectivity index (χ0) is 14.2. The molecule has 0 fully saturated rings. The van der Waals surface area contributed by atoms with Gasteiger partial charge in [-0.25, -0.2) is 9.97 Å². The number of nitrogen functional groups attached to an aromatic ring is 1. The van der Waals surface area contributed by atoms with Gasteiger partial charge in [-0.3, -0.25) is 4.98 Å². The lowest BCUT2D eigenvalue weighted by Gasteiger charge is -1.93. The predicted molar refractivity (Wildman–Crippen MR) is 78.4 cm³/mol. The van der Waals surface area contributed by atoms with Crippen molar-refractivity contribution in [3.63, 3.8) is 0 Å². The van der Waals surface area contributed by atoms with Crippen molar-refractivity contribution in [1.29, 1.82) is 0 Å². The molecule has 0 aliphatic heterocycles. The molecular formula is C13H8N6OS. The average Bonchev–Trinajstić information content (AvgIpc) is 3.12. The smallest absolute Gasteiger partial charge is 0.258 e. The first-order valence-corrected chi connectivity index (χ1v) is 6.88. The molecule has 21 heavy (non-hydrogen) atoms. The summed E-state index contributed by atoms with van der Waals surface area (Å²) in [5.74, 6) is 0.825. The second kappa shape index (κ2) is 4.60. The minimum atomic E-state index is 0.405. The summed E-state index contributed by atoms with van der Waals surface area (Å²) in [7, 11) is 0. The highest BCUT2D eigenvalue weighted by Crippen LogP contribution is 2.29. The molecule has 0 atom stereocenters. The van der Waals surface area contributed by atoms with E-state index in [0.717, 1.165) is 15.8 Å². The normalized spacial score (nSPS) is 11.0. The number of anilines is 1. The van der Waals surface area contributed by atoms with Crippen molar-refractivity contribution in [1.82, 2.24) is 25.1 Å². The van der Waals surface area contributed by atoms with Crippen LogP contribution in [0.15, 0.2) is 41.3 Å². The Hall–Kier alpha value is -2.87. The summed E-state index contributed by atoms with van der Waals surface area (Å²) in [6, 6.07) is 5.68. The highest BCUT2D eigenvalue weighted by atomic mass is 32.1. The summed E-state index contributed by atoms with van der Waals surface area (Å²) < 4.78 is 6.26. The number of benzene rings is 1. The van der Waals surface area contributed by atoms with Gasteiger partial charge < -0.3 is 10.3 Å². The molecule has 0 radical (unpaired) electrons. The van der Waals surface area contributed by atoms with Crippen molar-refractivity contribution < 1.29 is 4.52 Å². The minimum absolute atomic E-state index is 0.405. The van der Waals surface area contributed by atoms with Gasteiger partial charge in [-0.05, 0) is 18.2 Å². The summed E-state index contributed by atoms with van der Waals surface area (Å²) in [5, 5.41) is 4.46. The Morgan fingerprint density at radius 2 is 2.10 bits per heavy atom. The van der Waals surface area contributed by atoms with E-state index in [0.29, 0.717) is 22.5 Å². The van der Waals surface area contributed by atoms with Crippen LogP contribution in [0.4, 0.5) is 5.13 Å². The first-order chi connectivity index (χ1) is 10.3. The molecular weight excluding hydrogens is 288 g/mol. The number of nitrogens with zero attached hydrogens (tertiary/aromatic N) is 5. The molecule has 0 amide bonds. The molecule has 0 aliphatic carbocycles. The van der Waals surface area contributed by atoms with Gasteiger partial charge in [0.15, 0.2) is 5.13 Å². The lowest BCUT2D eigenvalue weighted by atomic mass is 10.2. The quantitative estimate of drug-likeness (QED) is 0.605. The molecule has 3 aromatic heterocycles. The van der Waals surface area contributed by atoms with Gasteiger partial charge in [0.05, 0.1) is 16.4 Å². The van der Waals surface area contributed by atoms with E-state index in [2.05, 4.69) is 25.1 Å². The van der Waals surface area contributed by atoms with Crippen LogP contribution >= 0.6 is 11.3 Å². The van der Waals surface area contributed by atoms with Crippen LogP contribution in [0.25, 0.3) is 33.2 Å². The summed E-state index contributed by atoms with van der Waals surface area (Å²) in [4.78, 5) is 16.7. The van der Waals surface area contributed by atoms with Crippen molar-refractivity contribution in [3.05, 3.63) is 36.8 Å². The molecule has 3 heterocycles. The third kappa shape index (κ3) is 2.11. The van der Waals surface area contributed by atoms with Crippen LogP contribution in [0.2, 0.25) is 0 Å². The Kier molecular flexibility index (Phi) is 2.61. The minimum Gasteiger partial charge on any atom is -0.375 e. The highest BCUT2D eigenvalue weighted by Gasteiger charge is 2.12. The third-order valence-electron chi connectivity index (χ3n) is 2.87. The van der Waals surface area contributed by atoms with Crippen LogP contribution in [0.5, 0.6) is 0 Å². The summed E-state index contributed by atoms with van der Waals surface area (Å²) in [6.07, 6.45) is 4.76. The van der Waals surface area contributed by atoms with E-state index < -0.39 is 0 Å². The molecule has 4 rings (SSSR count). The maximum atomic E-state index is 5.70. The van der Waals surface area contributed by atoms with Crippen molar-refractivity contribution in [3.8, 4) is 23.0 Å². The standard InChI is InChI=1S/C13H8N6OS/c14-13-17-8-2-1-7(5-10(8)21-13)12-18-11(19-20-12)9-6-15-3-4-16-9/h1-6H,(H2,14,17). The van der Waals surface area contributed by atoms with Gasteiger partial charge in [0.2, 0.25) is 5.82 Å². The van der Waals surface area contributed by atoms with E-state index in [1.54, 1.807) is 18.6 Å². The largest absolute Gasteiger partial charge is 0.375 e. The average molecular weight is 296 g/mol. The third-order valence-corrected chi connectivity index (χ3v) is 3.72. The van der Waals surface area contributed by atoms with Crippen molar-refractivity contribution in [2.45, 2.75) is 0 Å². The van der Waals surface area contributed by atoms with Crippen LogP contribution < -0.4 is 5.73 Å². The Morgan fingerprint density at radius 1 is 1.14 bits per heavy atom. The second-order valence-electron chi connectivity index (χ2n) is 4.25. The van der Waals surface area contributed by atoms with E-state index in [1.165, 1.54) is 11.3 Å². The predicted octanol–water partition coefficient (Wildman–Crippen LogP) is 2.39. The molecule has 4 aromatic rings. The summed E-state index contributed by atoms with van der Waals surface area (Å²) in [5.41, 5.74) is 7.94. The van der Waals surface area contributed by atoms with E-state index in [-0.39, 0.29) is 0 Å². The van der Waals surface area contributed by atoms with Gasteiger partial charge in [-0.2, -0.15) is 4.98 Å². The highest BCUT2D eigenvalue weighted by molar-refractivity contribution is 7.22. The Balaban J connectivity index is 1.77. The van der Waals surface area contributed by atoms with Gasteiger partial charge in [-0.1, -0.05) is 16.5 Å². The van der Waals surface area contributed by atoms with E-state index in [1.807, 2.05) is 18.2 Å². The van der Waals surface area contributed by atoms with Gasteiger partial charge >= 0.3 is 0 Å². The molecule has 2 N–H and O–H groups in total. The van der Waals surface area contributed by atoms with E-state index >= 15 is 0 Å². The van der Waals surface area contributed by atoms with Crippen molar-refractivity contribution >= 4 is 26.7 Å². The number of aromatic nitrogens is 5. The molecule has 7 nitrogen and oxygen atoms in total. The molecule has 0 saturated heterocycles. The molecule has 0 unspecified atom stereocenters. The topological polar surface area (TPSA) is 104 Å². The van der Waals surface area contributed by atoms with Crippen molar-refractivity contribution in [2.24, 2.45) is 0 Å². The zero-order valence-corrected chi connectivity index (χ0v) is 11.4. The fourth-order valence-corrected chi connectivity index (χ4v) is 2.71. The van der Waals surface area contributed by atoms with Gasteiger partial charge in [0, 0.05) is 18.0 Å². The molecule has 8 heteroatoms. The lowest BCUT2D eigenvalue weighted by molar-refractivity contribution is 0.432. The first kappa shape index (κ1) is 11.9. The van der Waals surface area contributed by atoms with Crippen LogP contribution in [-0.4, -0.2) is 25.1 Å². The number of hydrogen-bond donors (Lipinski definition) is 1. The monoisotopic (exact) mass is 296 g/mol. The van der Waals surface area contributed by atoms with Crippen LogP contribution in [0, 0.1) is 0 Å². The molecule has 0 aliphatic rings. The maximum Gasteiger partial charge on any atom is 0.258 e. The first-order valence-electron chi connectivity index (χ1n) is 6.06. The molecule has 0 spiro atoms. The van der Waals surface area contributed by atoms with Crippen molar-refractivity contribution in [2.75, 3.05) is 5.73 Å². The Bertz CT molecular complexity index is 917. The maximum absolute atomic E-state index is 5.70. The summed E-state index contributed by atoms with van der Waals surface area (Å²) >= 11 is 1.42. The van der Waals surface area contributed by atoms with Gasteiger partial charge in [-0.15, -0.1) is 0 Å². The molecule has 0 bridgehead atoms. The number of rotatable bonds is 2. The van der Waals surface area contributed by atoms with Gasteiger partial charge in [0.25, 0.3) is 5.89 Å². The summed E-state index contributed by atoms with van der Waals surface area (Å²) in [6.45, 7) is 0. The fourth-order valence-electron chi connectivity index (χ4n) is 1.93.